The lowest BCUT2D eigenvalue weighted by Crippen LogP contribution is -2.89. The van der Waals surface area contributed by atoms with Gasteiger partial charge in [0.15, 0.2) is 0 Å². The van der Waals surface area contributed by atoms with Gasteiger partial charge in [-0.2, -0.15) is 4.31 Å². The van der Waals surface area contributed by atoms with Crippen molar-refractivity contribution in [3.8, 4) is 0 Å². The van der Waals surface area contributed by atoms with E-state index in [0.717, 1.165) is 18.7 Å². The first-order chi connectivity index (χ1) is 7.60. The monoisotopic (exact) mass is 241 g/mol. The Hall–Kier alpha value is -0.910. The van der Waals surface area contributed by atoms with Gasteiger partial charge in [-0.1, -0.05) is 12.1 Å². The van der Waals surface area contributed by atoms with Crippen LogP contribution in [0.3, 0.4) is 0 Å². The van der Waals surface area contributed by atoms with Crippen LogP contribution >= 0.6 is 0 Å². The molecule has 1 aromatic carbocycles. The molecule has 1 aromatic rings. The van der Waals surface area contributed by atoms with Gasteiger partial charge in [-0.05, 0) is 24.6 Å². The molecule has 1 fully saturated rings. The molecule has 1 aliphatic rings. The van der Waals surface area contributed by atoms with E-state index in [1.165, 1.54) is 0 Å². The number of hydrogen-bond acceptors (Lipinski definition) is 2. The second-order valence-electron chi connectivity index (χ2n) is 4.09. The maximum absolute atomic E-state index is 12.3. The van der Waals surface area contributed by atoms with Gasteiger partial charge in [-0.25, -0.2) is 8.42 Å². The molecule has 0 unspecified atom stereocenters. The van der Waals surface area contributed by atoms with Crippen LogP contribution < -0.4 is 5.32 Å². The van der Waals surface area contributed by atoms with Crippen LogP contribution in [0.2, 0.25) is 0 Å². The van der Waals surface area contributed by atoms with Crippen LogP contribution in [0.5, 0.6) is 0 Å². The lowest BCUT2D eigenvalue weighted by molar-refractivity contribution is -0.661. The van der Waals surface area contributed by atoms with Crippen molar-refractivity contribution in [3.05, 3.63) is 29.8 Å². The van der Waals surface area contributed by atoms with E-state index in [4.69, 9.17) is 0 Å². The summed E-state index contributed by atoms with van der Waals surface area (Å²) >= 11 is 0. The number of nitrogens with two attached hydrogens (primary N) is 1. The lowest BCUT2D eigenvalue weighted by atomic mass is 10.2. The Morgan fingerprint density at radius 3 is 2.56 bits per heavy atom. The summed E-state index contributed by atoms with van der Waals surface area (Å²) in [5.41, 5.74) is 0.977. The van der Waals surface area contributed by atoms with Crippen LogP contribution in [0.4, 0.5) is 0 Å². The fourth-order valence-corrected chi connectivity index (χ4v) is 3.47. The first kappa shape index (κ1) is 11.6. The van der Waals surface area contributed by atoms with E-state index in [2.05, 4.69) is 5.32 Å². The molecule has 2 rings (SSSR count). The summed E-state index contributed by atoms with van der Waals surface area (Å²) in [4.78, 5) is 0.411. The average Bonchev–Trinajstić information content (AvgIpc) is 2.30. The van der Waals surface area contributed by atoms with Gasteiger partial charge in [0, 0.05) is 0 Å². The molecule has 0 aliphatic carbocycles. The summed E-state index contributed by atoms with van der Waals surface area (Å²) in [7, 11) is -3.27. The fraction of sp³-hybridized carbons (Fsp3) is 0.455. The van der Waals surface area contributed by atoms with Crippen molar-refractivity contribution in [2.75, 3.05) is 26.2 Å². The van der Waals surface area contributed by atoms with Crippen molar-refractivity contribution in [2.45, 2.75) is 11.8 Å². The van der Waals surface area contributed by atoms with Crippen molar-refractivity contribution in [3.63, 3.8) is 0 Å². The Balaban J connectivity index is 2.30. The molecule has 0 amide bonds. The third kappa shape index (κ3) is 2.26. The molecule has 5 heteroatoms. The van der Waals surface area contributed by atoms with Crippen LogP contribution in [-0.4, -0.2) is 38.9 Å². The van der Waals surface area contributed by atoms with E-state index in [1.54, 1.807) is 22.5 Å². The molecule has 0 aromatic heterocycles. The number of rotatable bonds is 2. The smallest absolute Gasteiger partial charge is 0.243 e. The van der Waals surface area contributed by atoms with Crippen LogP contribution in [0, 0.1) is 6.92 Å². The van der Waals surface area contributed by atoms with E-state index in [0.29, 0.717) is 18.0 Å². The molecule has 0 spiro atoms. The topological polar surface area (TPSA) is 54.0 Å². The summed E-state index contributed by atoms with van der Waals surface area (Å²) in [6.45, 7) is 4.83. The van der Waals surface area contributed by atoms with Gasteiger partial charge in [-0.3, -0.25) is 0 Å². The summed E-state index contributed by atoms with van der Waals surface area (Å²) < 4.78 is 26.1. The Bertz CT molecular complexity index is 465. The Morgan fingerprint density at radius 1 is 1.25 bits per heavy atom. The van der Waals surface area contributed by atoms with Gasteiger partial charge >= 0.3 is 0 Å². The maximum atomic E-state index is 12.3. The predicted octanol–water partition coefficient (Wildman–Crippen LogP) is -0.437. The highest BCUT2D eigenvalue weighted by molar-refractivity contribution is 7.89. The van der Waals surface area contributed by atoms with Gasteiger partial charge in [0.2, 0.25) is 10.0 Å². The van der Waals surface area contributed by atoms with E-state index in [9.17, 15) is 8.42 Å². The van der Waals surface area contributed by atoms with E-state index in [-0.39, 0.29) is 0 Å². The minimum absolute atomic E-state index is 0.411. The van der Waals surface area contributed by atoms with Crippen LogP contribution in [0.1, 0.15) is 5.56 Å². The molecule has 1 aliphatic heterocycles. The number of aryl methyl sites for hydroxylation is 1. The fourth-order valence-electron chi connectivity index (χ4n) is 1.89. The van der Waals surface area contributed by atoms with Crippen LogP contribution in [-0.2, 0) is 10.0 Å². The minimum atomic E-state index is -3.27. The number of sulfonamides is 1. The number of nitrogens with zero attached hydrogens (tertiary/aromatic N) is 1. The lowest BCUT2D eigenvalue weighted by Gasteiger charge is -2.24. The first-order valence-corrected chi connectivity index (χ1v) is 6.93. The highest BCUT2D eigenvalue weighted by Crippen LogP contribution is 2.16. The molecule has 1 saturated heterocycles. The van der Waals surface area contributed by atoms with E-state index < -0.39 is 10.0 Å². The SMILES string of the molecule is Cc1cccc(S(=O)(=O)N2CC[NH2+]CC2)c1. The quantitative estimate of drug-likeness (QED) is 0.763. The van der Waals surface area contributed by atoms with Crippen LogP contribution in [0.15, 0.2) is 29.2 Å². The second-order valence-corrected chi connectivity index (χ2v) is 6.02. The molecule has 4 nitrogen and oxygen atoms in total. The summed E-state index contributed by atoms with van der Waals surface area (Å²) in [5.74, 6) is 0. The Morgan fingerprint density at radius 2 is 1.94 bits per heavy atom. The number of piperazine rings is 1. The standard InChI is InChI=1S/C11H16N2O2S/c1-10-3-2-4-11(9-10)16(14,15)13-7-5-12-6-8-13/h2-4,9,12H,5-8H2,1H3/p+1. The van der Waals surface area contributed by atoms with Crippen molar-refractivity contribution in [1.29, 1.82) is 0 Å². The van der Waals surface area contributed by atoms with E-state index in [1.807, 2.05) is 13.0 Å². The normalized spacial score (nSPS) is 18.6. The Kier molecular flexibility index (Phi) is 3.28. The zero-order valence-electron chi connectivity index (χ0n) is 9.39. The predicted molar refractivity (Wildman–Crippen MR) is 61.6 cm³/mol. The zero-order valence-corrected chi connectivity index (χ0v) is 10.2. The molecule has 88 valence electrons. The van der Waals surface area contributed by atoms with Crippen molar-refractivity contribution in [2.24, 2.45) is 0 Å². The molecule has 1 heterocycles. The molecule has 0 saturated carbocycles. The largest absolute Gasteiger partial charge is 0.344 e. The molecule has 16 heavy (non-hydrogen) atoms. The van der Waals surface area contributed by atoms with Crippen molar-refractivity contribution in [1.82, 2.24) is 4.31 Å². The number of hydrogen-bond donors (Lipinski definition) is 1. The van der Waals surface area contributed by atoms with Crippen LogP contribution in [0.25, 0.3) is 0 Å². The third-order valence-electron chi connectivity index (χ3n) is 2.79. The highest BCUT2D eigenvalue weighted by Gasteiger charge is 2.26. The molecule has 2 N–H and O–H groups in total. The third-order valence-corrected chi connectivity index (χ3v) is 4.69. The van der Waals surface area contributed by atoms with Crippen molar-refractivity contribution >= 4 is 10.0 Å². The molecular formula is C11H17N2O2S+. The van der Waals surface area contributed by atoms with Gasteiger partial charge < -0.3 is 5.32 Å². The average molecular weight is 241 g/mol. The van der Waals surface area contributed by atoms with Gasteiger partial charge in [0.25, 0.3) is 0 Å². The Labute approximate surface area is 96.3 Å². The molecule has 0 bridgehead atoms. The van der Waals surface area contributed by atoms with Gasteiger partial charge in [0.1, 0.15) is 0 Å². The number of benzene rings is 1. The second kappa shape index (κ2) is 4.53. The van der Waals surface area contributed by atoms with Crippen molar-refractivity contribution < 1.29 is 13.7 Å². The first-order valence-electron chi connectivity index (χ1n) is 5.49. The zero-order chi connectivity index (χ0) is 11.6. The molecule has 0 atom stereocenters. The maximum Gasteiger partial charge on any atom is 0.243 e. The molecular weight excluding hydrogens is 224 g/mol. The summed E-state index contributed by atoms with van der Waals surface area (Å²) in [5, 5.41) is 2.14. The summed E-state index contributed by atoms with van der Waals surface area (Å²) in [6, 6.07) is 7.09. The number of quaternary nitrogens is 1. The minimum Gasteiger partial charge on any atom is -0.344 e. The van der Waals surface area contributed by atoms with E-state index >= 15 is 0 Å². The summed E-state index contributed by atoms with van der Waals surface area (Å²) in [6.07, 6.45) is 0. The molecule has 0 radical (unpaired) electrons. The highest BCUT2D eigenvalue weighted by atomic mass is 32.2. The van der Waals surface area contributed by atoms with Gasteiger partial charge in [-0.15, -0.1) is 0 Å². The van der Waals surface area contributed by atoms with Gasteiger partial charge in [0.05, 0.1) is 31.1 Å².